The summed E-state index contributed by atoms with van der Waals surface area (Å²) in [5.74, 6) is 0.0622. The molecule has 25 heavy (non-hydrogen) atoms. The molecule has 1 aromatic heterocycles. The molecule has 0 saturated carbocycles. The molecule has 0 unspecified atom stereocenters. The third kappa shape index (κ3) is 4.88. The number of aromatic nitrogens is 2. The predicted molar refractivity (Wildman–Crippen MR) is 83.7 cm³/mol. The summed E-state index contributed by atoms with van der Waals surface area (Å²) in [6.07, 6.45) is -4.10. The summed E-state index contributed by atoms with van der Waals surface area (Å²) in [7, 11) is 0. The van der Waals surface area contributed by atoms with Crippen molar-refractivity contribution in [2.45, 2.75) is 25.1 Å². The van der Waals surface area contributed by atoms with E-state index < -0.39 is 12.6 Å². The van der Waals surface area contributed by atoms with Gasteiger partial charge in [0.05, 0.1) is 13.2 Å². The topological polar surface area (TPSA) is 38.2 Å². The Kier molecular flexibility index (Phi) is 5.17. The molecule has 1 atom stereocenters. The zero-order valence-electron chi connectivity index (χ0n) is 13.3. The van der Waals surface area contributed by atoms with Crippen LogP contribution < -0.4 is 4.90 Å². The minimum atomic E-state index is -4.21. The molecule has 1 aliphatic heterocycles. The van der Waals surface area contributed by atoms with Crippen LogP contribution in [-0.4, -0.2) is 35.8 Å². The van der Waals surface area contributed by atoms with Gasteiger partial charge in [0.2, 0.25) is 5.95 Å². The second-order valence-electron chi connectivity index (χ2n) is 5.82. The molecular weight excluding hydrogens is 338 g/mol. The van der Waals surface area contributed by atoms with E-state index in [1.807, 2.05) is 4.90 Å². The highest BCUT2D eigenvalue weighted by Gasteiger charge is 2.27. The molecule has 8 heteroatoms. The van der Waals surface area contributed by atoms with E-state index in [0.717, 1.165) is 5.56 Å². The lowest BCUT2D eigenvalue weighted by atomic mass is 10.1. The van der Waals surface area contributed by atoms with Gasteiger partial charge in [-0.3, -0.25) is 0 Å². The highest BCUT2D eigenvalue weighted by molar-refractivity contribution is 5.33. The maximum Gasteiger partial charge on any atom is 0.389 e. The van der Waals surface area contributed by atoms with E-state index in [-0.39, 0.29) is 18.3 Å². The lowest BCUT2D eigenvalue weighted by Crippen LogP contribution is -2.39. The number of benzene rings is 1. The van der Waals surface area contributed by atoms with Crippen molar-refractivity contribution in [3.05, 3.63) is 53.6 Å². The van der Waals surface area contributed by atoms with Crippen LogP contribution >= 0.6 is 0 Å². The fraction of sp³-hybridized carbons (Fsp3) is 0.412. The number of aryl methyl sites for hydroxylation is 1. The maximum absolute atomic E-state index is 13.0. The van der Waals surface area contributed by atoms with Crippen LogP contribution in [0.1, 0.15) is 23.8 Å². The molecule has 0 spiro atoms. The highest BCUT2D eigenvalue weighted by Crippen LogP contribution is 2.25. The van der Waals surface area contributed by atoms with E-state index in [0.29, 0.717) is 31.3 Å². The van der Waals surface area contributed by atoms with Crippen molar-refractivity contribution in [3.63, 3.8) is 0 Å². The van der Waals surface area contributed by atoms with Crippen LogP contribution in [0.4, 0.5) is 23.5 Å². The van der Waals surface area contributed by atoms with Gasteiger partial charge in [0.15, 0.2) is 0 Å². The van der Waals surface area contributed by atoms with Crippen LogP contribution in [-0.2, 0) is 11.2 Å². The van der Waals surface area contributed by atoms with E-state index in [2.05, 4.69) is 9.97 Å². The average Bonchev–Trinajstić information content (AvgIpc) is 2.60. The third-order valence-corrected chi connectivity index (χ3v) is 3.96. The van der Waals surface area contributed by atoms with Gasteiger partial charge in [-0.05, 0) is 30.2 Å². The van der Waals surface area contributed by atoms with E-state index >= 15 is 0 Å². The fourth-order valence-corrected chi connectivity index (χ4v) is 2.66. The zero-order chi connectivity index (χ0) is 17.9. The largest absolute Gasteiger partial charge is 0.389 e. The molecule has 1 aliphatic rings. The van der Waals surface area contributed by atoms with Gasteiger partial charge in [-0.2, -0.15) is 13.2 Å². The second-order valence-corrected chi connectivity index (χ2v) is 5.82. The summed E-state index contributed by atoms with van der Waals surface area (Å²) in [6, 6.07) is 7.54. The number of morpholine rings is 1. The minimum Gasteiger partial charge on any atom is -0.370 e. The fourth-order valence-electron chi connectivity index (χ4n) is 2.66. The van der Waals surface area contributed by atoms with Crippen molar-refractivity contribution in [3.8, 4) is 0 Å². The van der Waals surface area contributed by atoms with Crippen LogP contribution in [0.25, 0.3) is 0 Å². The van der Waals surface area contributed by atoms with Crippen LogP contribution in [0.3, 0.4) is 0 Å². The van der Waals surface area contributed by atoms with Gasteiger partial charge in [-0.1, -0.05) is 12.1 Å². The Labute approximate surface area is 142 Å². The molecule has 1 aromatic carbocycles. The Morgan fingerprint density at radius 3 is 2.64 bits per heavy atom. The quantitative estimate of drug-likeness (QED) is 0.784. The number of alkyl halides is 3. The SMILES string of the molecule is Fc1ccc([C@@H]2CN(c3nccc(CCC(F)(F)F)n3)CCO2)cc1. The van der Waals surface area contributed by atoms with Crippen molar-refractivity contribution in [1.82, 2.24) is 9.97 Å². The molecular formula is C17H17F4N3O. The standard InChI is InChI=1S/C17H17F4N3O/c18-13-3-1-12(2-4-13)15-11-24(9-10-25-15)16-22-8-6-14(23-16)5-7-17(19,20)21/h1-4,6,8,15H,5,7,9-11H2/t15-/m0/s1. The van der Waals surface area contributed by atoms with Crippen LogP contribution in [0.15, 0.2) is 36.5 Å². The van der Waals surface area contributed by atoms with Gasteiger partial charge in [0.25, 0.3) is 0 Å². The molecule has 0 amide bonds. The van der Waals surface area contributed by atoms with Gasteiger partial charge >= 0.3 is 6.18 Å². The number of ether oxygens (including phenoxy) is 1. The number of anilines is 1. The predicted octanol–water partition coefficient (Wildman–Crippen LogP) is 3.69. The lowest BCUT2D eigenvalue weighted by molar-refractivity contribution is -0.134. The minimum absolute atomic E-state index is 0.176. The number of hydrogen-bond acceptors (Lipinski definition) is 4. The molecule has 0 aliphatic carbocycles. The Bertz CT molecular complexity index is 706. The molecule has 2 aromatic rings. The lowest BCUT2D eigenvalue weighted by Gasteiger charge is -2.33. The first-order valence-electron chi connectivity index (χ1n) is 7.91. The Morgan fingerprint density at radius 1 is 1.16 bits per heavy atom. The number of hydrogen-bond donors (Lipinski definition) is 0. The van der Waals surface area contributed by atoms with E-state index in [1.165, 1.54) is 24.4 Å². The summed E-state index contributed by atoms with van der Waals surface area (Å²) < 4.78 is 55.9. The van der Waals surface area contributed by atoms with Gasteiger partial charge < -0.3 is 9.64 Å². The van der Waals surface area contributed by atoms with Crippen molar-refractivity contribution in [2.24, 2.45) is 0 Å². The summed E-state index contributed by atoms with van der Waals surface area (Å²) in [5.41, 5.74) is 1.19. The molecule has 0 radical (unpaired) electrons. The summed E-state index contributed by atoms with van der Waals surface area (Å²) >= 11 is 0. The smallest absolute Gasteiger partial charge is 0.370 e. The Morgan fingerprint density at radius 2 is 1.92 bits per heavy atom. The molecule has 3 rings (SSSR count). The van der Waals surface area contributed by atoms with Crippen molar-refractivity contribution in [1.29, 1.82) is 0 Å². The van der Waals surface area contributed by atoms with Crippen LogP contribution in [0, 0.1) is 5.82 Å². The van der Waals surface area contributed by atoms with Crippen LogP contribution in [0.5, 0.6) is 0 Å². The first kappa shape index (κ1) is 17.6. The summed E-state index contributed by atoms with van der Waals surface area (Å²) in [6.45, 7) is 1.42. The zero-order valence-corrected chi connectivity index (χ0v) is 13.3. The molecule has 1 saturated heterocycles. The van der Waals surface area contributed by atoms with Gasteiger partial charge in [0, 0.05) is 24.9 Å². The second kappa shape index (κ2) is 7.35. The van der Waals surface area contributed by atoms with Crippen LogP contribution in [0.2, 0.25) is 0 Å². The van der Waals surface area contributed by atoms with Gasteiger partial charge in [-0.25, -0.2) is 14.4 Å². The Hall–Kier alpha value is -2.22. The average molecular weight is 355 g/mol. The van der Waals surface area contributed by atoms with E-state index in [9.17, 15) is 17.6 Å². The third-order valence-electron chi connectivity index (χ3n) is 3.96. The number of rotatable bonds is 4. The van der Waals surface area contributed by atoms with Crippen molar-refractivity contribution in [2.75, 3.05) is 24.6 Å². The Balaban J connectivity index is 1.69. The number of nitrogens with zero attached hydrogens (tertiary/aromatic N) is 3. The molecule has 134 valence electrons. The monoisotopic (exact) mass is 355 g/mol. The number of halogens is 4. The molecule has 4 nitrogen and oxygen atoms in total. The molecule has 1 fully saturated rings. The first-order valence-corrected chi connectivity index (χ1v) is 7.91. The van der Waals surface area contributed by atoms with E-state index in [4.69, 9.17) is 4.74 Å². The summed E-state index contributed by atoms with van der Waals surface area (Å²) in [4.78, 5) is 10.3. The molecule has 0 bridgehead atoms. The van der Waals surface area contributed by atoms with Gasteiger partial charge in [-0.15, -0.1) is 0 Å². The van der Waals surface area contributed by atoms with Crippen molar-refractivity contribution >= 4 is 5.95 Å². The molecule has 2 heterocycles. The normalized spacial score (nSPS) is 18.4. The maximum atomic E-state index is 13.0. The van der Waals surface area contributed by atoms with Gasteiger partial charge in [0.1, 0.15) is 11.9 Å². The van der Waals surface area contributed by atoms with E-state index in [1.54, 1.807) is 12.1 Å². The first-order chi connectivity index (χ1) is 11.9. The summed E-state index contributed by atoms with van der Waals surface area (Å²) in [5, 5.41) is 0. The highest BCUT2D eigenvalue weighted by atomic mass is 19.4. The van der Waals surface area contributed by atoms with Crippen molar-refractivity contribution < 1.29 is 22.3 Å². The molecule has 0 N–H and O–H groups in total.